The summed E-state index contributed by atoms with van der Waals surface area (Å²) in [4.78, 5) is 12.6. The number of hydrogen-bond donors (Lipinski definition) is 0. The van der Waals surface area contributed by atoms with Gasteiger partial charge in [0.1, 0.15) is 10.0 Å². The molecule has 0 atom stereocenters. The van der Waals surface area contributed by atoms with Crippen molar-refractivity contribution in [3.63, 3.8) is 0 Å². The molecular weight excluding hydrogens is 420 g/mol. The molecule has 1 aliphatic heterocycles. The number of thiophene rings is 1. The second-order valence-electron chi connectivity index (χ2n) is 6.67. The van der Waals surface area contributed by atoms with Gasteiger partial charge in [0.2, 0.25) is 0 Å². The molecule has 0 bridgehead atoms. The molecular formula is C18H19ClN4O3S2. The van der Waals surface area contributed by atoms with Gasteiger partial charge in [-0.25, -0.2) is 22.5 Å². The Morgan fingerprint density at radius 2 is 1.79 bits per heavy atom. The summed E-state index contributed by atoms with van der Waals surface area (Å²) in [6.45, 7) is 0.754. The van der Waals surface area contributed by atoms with E-state index in [9.17, 15) is 13.2 Å². The van der Waals surface area contributed by atoms with Crippen LogP contribution in [0.3, 0.4) is 0 Å². The van der Waals surface area contributed by atoms with Gasteiger partial charge in [-0.2, -0.15) is 9.40 Å². The first-order valence-corrected chi connectivity index (χ1v) is 11.5. The quantitative estimate of drug-likeness (QED) is 0.627. The van der Waals surface area contributed by atoms with E-state index in [4.69, 9.17) is 11.6 Å². The molecule has 7 nitrogen and oxygen atoms in total. The molecule has 0 unspecified atom stereocenters. The maximum Gasteiger partial charge on any atom is 0.350 e. The van der Waals surface area contributed by atoms with E-state index in [1.165, 1.54) is 8.99 Å². The van der Waals surface area contributed by atoms with Gasteiger partial charge in [0.15, 0.2) is 0 Å². The number of halogens is 1. The van der Waals surface area contributed by atoms with Crippen LogP contribution in [0.4, 0.5) is 0 Å². The van der Waals surface area contributed by atoms with Gasteiger partial charge in [-0.05, 0) is 37.1 Å². The SMILES string of the molecule is Cn1nc(C2CCN(S(=O)(=O)c3ccc(Cl)s3)CC2)n(-c2ccccc2)c1=O. The minimum atomic E-state index is -3.54. The molecule has 28 heavy (non-hydrogen) atoms. The van der Waals surface area contributed by atoms with E-state index in [1.54, 1.807) is 23.7 Å². The Balaban J connectivity index is 1.58. The zero-order valence-electron chi connectivity index (χ0n) is 15.2. The van der Waals surface area contributed by atoms with Crippen molar-refractivity contribution in [2.45, 2.75) is 23.0 Å². The molecule has 4 rings (SSSR count). The van der Waals surface area contributed by atoms with Gasteiger partial charge in [0, 0.05) is 26.1 Å². The van der Waals surface area contributed by atoms with E-state index in [1.807, 2.05) is 30.3 Å². The summed E-state index contributed by atoms with van der Waals surface area (Å²) in [7, 11) is -1.91. The van der Waals surface area contributed by atoms with Crippen molar-refractivity contribution >= 4 is 33.0 Å². The van der Waals surface area contributed by atoms with Gasteiger partial charge >= 0.3 is 5.69 Å². The van der Waals surface area contributed by atoms with Crippen molar-refractivity contribution < 1.29 is 8.42 Å². The van der Waals surface area contributed by atoms with Gasteiger partial charge < -0.3 is 0 Å². The molecule has 2 aromatic heterocycles. The Morgan fingerprint density at radius 1 is 1.11 bits per heavy atom. The van der Waals surface area contributed by atoms with Crippen molar-refractivity contribution in [1.82, 2.24) is 18.7 Å². The average Bonchev–Trinajstić information content (AvgIpc) is 3.27. The van der Waals surface area contributed by atoms with Crippen LogP contribution in [0.15, 0.2) is 51.5 Å². The largest absolute Gasteiger partial charge is 0.350 e. The number of aromatic nitrogens is 3. The van der Waals surface area contributed by atoms with E-state index in [0.717, 1.165) is 17.0 Å². The number of aryl methyl sites for hydroxylation is 1. The highest BCUT2D eigenvalue weighted by molar-refractivity contribution is 7.91. The van der Waals surface area contributed by atoms with Crippen LogP contribution in [-0.2, 0) is 17.1 Å². The predicted octanol–water partition coefficient (Wildman–Crippen LogP) is 2.85. The fraction of sp³-hybridized carbons (Fsp3) is 0.333. The number of para-hydroxylation sites is 1. The van der Waals surface area contributed by atoms with Gasteiger partial charge in [-0.1, -0.05) is 29.8 Å². The van der Waals surface area contributed by atoms with Gasteiger partial charge in [0.05, 0.1) is 10.0 Å². The molecule has 1 aliphatic rings. The fourth-order valence-electron chi connectivity index (χ4n) is 3.49. The maximum atomic E-state index is 12.8. The molecule has 0 amide bonds. The van der Waals surface area contributed by atoms with Crippen molar-refractivity contribution in [3.05, 3.63) is 63.1 Å². The summed E-state index contributed by atoms with van der Waals surface area (Å²) in [5.41, 5.74) is 0.559. The van der Waals surface area contributed by atoms with E-state index >= 15 is 0 Å². The molecule has 3 aromatic rings. The first-order valence-electron chi connectivity index (χ1n) is 8.85. The lowest BCUT2D eigenvalue weighted by Crippen LogP contribution is -2.38. The smallest absolute Gasteiger partial charge is 0.247 e. The summed E-state index contributed by atoms with van der Waals surface area (Å²) in [5, 5.41) is 4.44. The second-order valence-corrected chi connectivity index (χ2v) is 10.6. The van der Waals surface area contributed by atoms with Crippen LogP contribution in [0.1, 0.15) is 24.6 Å². The number of benzene rings is 1. The van der Waals surface area contributed by atoms with Crippen LogP contribution >= 0.6 is 22.9 Å². The standard InChI is InChI=1S/C18H19ClN4O3S2/c1-21-18(24)23(14-5-3-2-4-6-14)17(20-21)13-9-11-22(12-10-13)28(25,26)16-8-7-15(19)27-16/h2-8,13H,9-12H2,1H3. The summed E-state index contributed by atoms with van der Waals surface area (Å²) in [6, 6.07) is 12.5. The van der Waals surface area contributed by atoms with Crippen LogP contribution in [-0.4, -0.2) is 40.2 Å². The minimum absolute atomic E-state index is 0.00693. The predicted molar refractivity (Wildman–Crippen MR) is 109 cm³/mol. The lowest BCUT2D eigenvalue weighted by Gasteiger charge is -2.30. The number of hydrogen-bond acceptors (Lipinski definition) is 5. The Hall–Kier alpha value is -1.94. The summed E-state index contributed by atoms with van der Waals surface area (Å²) >= 11 is 6.96. The van der Waals surface area contributed by atoms with Gasteiger partial charge in [-0.3, -0.25) is 0 Å². The van der Waals surface area contributed by atoms with Crippen LogP contribution in [0.2, 0.25) is 4.34 Å². The highest BCUT2D eigenvalue weighted by atomic mass is 35.5. The topological polar surface area (TPSA) is 77.2 Å². The molecule has 0 radical (unpaired) electrons. The zero-order chi connectivity index (χ0) is 19.9. The Bertz CT molecular complexity index is 1140. The van der Waals surface area contributed by atoms with E-state index in [-0.39, 0.29) is 15.8 Å². The van der Waals surface area contributed by atoms with E-state index < -0.39 is 10.0 Å². The minimum Gasteiger partial charge on any atom is -0.247 e. The first-order chi connectivity index (χ1) is 13.4. The summed E-state index contributed by atoms with van der Waals surface area (Å²) < 4.78 is 30.7. The molecule has 1 saturated heterocycles. The summed E-state index contributed by atoms with van der Waals surface area (Å²) in [5.74, 6) is 0.683. The molecule has 0 spiro atoms. The van der Waals surface area contributed by atoms with E-state index in [2.05, 4.69) is 5.10 Å². The Labute approximate surface area is 171 Å². The Morgan fingerprint density at radius 3 is 2.39 bits per heavy atom. The van der Waals surface area contributed by atoms with Crippen molar-refractivity contribution in [1.29, 1.82) is 0 Å². The third-order valence-electron chi connectivity index (χ3n) is 4.93. The number of piperidine rings is 1. The van der Waals surface area contributed by atoms with Crippen molar-refractivity contribution in [2.75, 3.05) is 13.1 Å². The molecule has 1 fully saturated rings. The highest BCUT2D eigenvalue weighted by Crippen LogP contribution is 2.33. The van der Waals surface area contributed by atoms with E-state index in [0.29, 0.717) is 36.1 Å². The molecule has 10 heteroatoms. The highest BCUT2D eigenvalue weighted by Gasteiger charge is 2.33. The third kappa shape index (κ3) is 3.43. The molecule has 0 N–H and O–H groups in total. The fourth-order valence-corrected chi connectivity index (χ4v) is 6.59. The number of rotatable bonds is 4. The lowest BCUT2D eigenvalue weighted by atomic mass is 9.97. The maximum absolute atomic E-state index is 12.8. The molecule has 148 valence electrons. The van der Waals surface area contributed by atoms with Crippen LogP contribution in [0.5, 0.6) is 0 Å². The van der Waals surface area contributed by atoms with Crippen LogP contribution in [0, 0.1) is 0 Å². The van der Waals surface area contributed by atoms with Crippen LogP contribution in [0.25, 0.3) is 5.69 Å². The zero-order valence-corrected chi connectivity index (χ0v) is 17.5. The Kier molecular flexibility index (Phi) is 5.17. The number of sulfonamides is 1. The molecule has 0 aliphatic carbocycles. The van der Waals surface area contributed by atoms with Gasteiger partial charge in [0.25, 0.3) is 10.0 Å². The number of nitrogens with zero attached hydrogens (tertiary/aromatic N) is 4. The average molecular weight is 439 g/mol. The molecule has 3 heterocycles. The molecule has 1 aromatic carbocycles. The normalized spacial score (nSPS) is 16.5. The van der Waals surface area contributed by atoms with Gasteiger partial charge in [-0.15, -0.1) is 11.3 Å². The third-order valence-corrected chi connectivity index (χ3v) is 8.52. The monoisotopic (exact) mass is 438 g/mol. The first kappa shape index (κ1) is 19.4. The van der Waals surface area contributed by atoms with Crippen molar-refractivity contribution in [2.24, 2.45) is 7.05 Å². The molecule has 0 saturated carbocycles. The second kappa shape index (κ2) is 7.47. The lowest BCUT2D eigenvalue weighted by molar-refractivity contribution is 0.312. The van der Waals surface area contributed by atoms with Crippen molar-refractivity contribution in [3.8, 4) is 5.69 Å². The summed E-state index contributed by atoms with van der Waals surface area (Å²) in [6.07, 6.45) is 1.20. The van der Waals surface area contributed by atoms with Crippen LogP contribution < -0.4 is 5.69 Å².